The lowest BCUT2D eigenvalue weighted by Crippen LogP contribution is -2.54. The van der Waals surface area contributed by atoms with Crippen molar-refractivity contribution in [1.29, 1.82) is 0 Å². The predicted octanol–water partition coefficient (Wildman–Crippen LogP) is 1.02. The van der Waals surface area contributed by atoms with E-state index >= 15 is 0 Å². The van der Waals surface area contributed by atoms with E-state index in [9.17, 15) is 9.90 Å². The van der Waals surface area contributed by atoms with Crippen molar-refractivity contribution in [3.63, 3.8) is 0 Å². The van der Waals surface area contributed by atoms with Gasteiger partial charge < -0.3 is 10.4 Å². The zero-order valence-corrected chi connectivity index (χ0v) is 10.4. The summed E-state index contributed by atoms with van der Waals surface area (Å²) in [6.45, 7) is 0. The van der Waals surface area contributed by atoms with Crippen molar-refractivity contribution >= 4 is 17.7 Å². The van der Waals surface area contributed by atoms with E-state index < -0.39 is 11.5 Å². The molecule has 0 aliphatic heterocycles. The molecule has 1 aromatic heterocycles. The molecule has 0 spiro atoms. The number of aromatic nitrogens is 2. The molecule has 1 aliphatic rings. The highest BCUT2D eigenvalue weighted by Crippen LogP contribution is 2.42. The van der Waals surface area contributed by atoms with Crippen LogP contribution < -0.4 is 5.32 Å². The van der Waals surface area contributed by atoms with Gasteiger partial charge in [-0.15, -0.1) is 0 Å². The van der Waals surface area contributed by atoms with Crippen molar-refractivity contribution in [2.45, 2.75) is 23.5 Å². The van der Waals surface area contributed by atoms with Crippen LogP contribution in [-0.2, 0) is 4.79 Å². The van der Waals surface area contributed by atoms with Gasteiger partial charge in [-0.3, -0.25) is 4.79 Å². The lowest BCUT2D eigenvalue weighted by atomic mass is 9.96. The molecule has 0 aromatic carbocycles. The van der Waals surface area contributed by atoms with E-state index in [1.165, 1.54) is 11.8 Å². The number of hydrogen-bond donors (Lipinski definition) is 2. The molecule has 0 saturated heterocycles. The van der Waals surface area contributed by atoms with E-state index in [-0.39, 0.29) is 5.92 Å². The Balaban J connectivity index is 2.06. The number of likely N-dealkylation sites (N-methyl/N-ethyl adjacent to an activating group) is 1. The van der Waals surface area contributed by atoms with E-state index in [0.717, 1.165) is 12.8 Å². The van der Waals surface area contributed by atoms with E-state index in [1.54, 1.807) is 25.5 Å². The molecular weight excluding hydrogens is 238 g/mol. The van der Waals surface area contributed by atoms with E-state index in [2.05, 4.69) is 15.3 Å². The SMILES string of the molecule is CNC(CSc1ncccn1)(C(=O)O)C1CC1. The smallest absolute Gasteiger partial charge is 0.325 e. The number of rotatable bonds is 6. The molecule has 1 heterocycles. The number of carbonyl (C=O) groups is 1. The van der Waals surface area contributed by atoms with Gasteiger partial charge in [-0.05, 0) is 31.9 Å². The highest BCUT2D eigenvalue weighted by atomic mass is 32.2. The van der Waals surface area contributed by atoms with Crippen LogP contribution in [0.25, 0.3) is 0 Å². The molecule has 6 heteroatoms. The van der Waals surface area contributed by atoms with Gasteiger partial charge in [0.25, 0.3) is 0 Å². The molecule has 1 aromatic rings. The van der Waals surface area contributed by atoms with E-state index in [1.807, 2.05) is 0 Å². The molecule has 1 unspecified atom stereocenters. The maximum Gasteiger partial charge on any atom is 0.325 e. The molecule has 2 rings (SSSR count). The number of nitrogens with zero attached hydrogens (tertiary/aromatic N) is 2. The Kier molecular flexibility index (Phi) is 3.63. The summed E-state index contributed by atoms with van der Waals surface area (Å²) in [5, 5.41) is 13.0. The Labute approximate surface area is 104 Å². The lowest BCUT2D eigenvalue weighted by molar-refractivity contribution is -0.144. The number of aliphatic carboxylic acids is 1. The molecular formula is C11H15N3O2S. The van der Waals surface area contributed by atoms with E-state index in [0.29, 0.717) is 10.9 Å². The maximum absolute atomic E-state index is 11.4. The van der Waals surface area contributed by atoms with Gasteiger partial charge >= 0.3 is 5.97 Å². The van der Waals surface area contributed by atoms with Crippen LogP contribution in [0.3, 0.4) is 0 Å². The predicted molar refractivity (Wildman–Crippen MR) is 64.9 cm³/mol. The Bertz CT molecular complexity index is 397. The van der Waals surface area contributed by atoms with Crippen molar-refractivity contribution in [1.82, 2.24) is 15.3 Å². The van der Waals surface area contributed by atoms with Gasteiger partial charge in [0.2, 0.25) is 0 Å². The first kappa shape index (κ1) is 12.3. The van der Waals surface area contributed by atoms with Gasteiger partial charge in [-0.2, -0.15) is 0 Å². The second-order valence-corrected chi connectivity index (χ2v) is 5.06. The summed E-state index contributed by atoms with van der Waals surface area (Å²) >= 11 is 1.38. The molecule has 0 amide bonds. The van der Waals surface area contributed by atoms with Crippen molar-refractivity contribution in [2.24, 2.45) is 5.92 Å². The van der Waals surface area contributed by atoms with Crippen molar-refractivity contribution in [2.75, 3.05) is 12.8 Å². The van der Waals surface area contributed by atoms with Gasteiger partial charge in [-0.25, -0.2) is 9.97 Å². The first-order chi connectivity index (χ1) is 8.19. The molecule has 1 aliphatic carbocycles. The highest BCUT2D eigenvalue weighted by Gasteiger charge is 2.50. The van der Waals surface area contributed by atoms with Crippen LogP contribution in [-0.4, -0.2) is 39.4 Å². The Morgan fingerprint density at radius 3 is 2.71 bits per heavy atom. The number of thioether (sulfide) groups is 1. The third-order valence-electron chi connectivity index (χ3n) is 3.07. The molecule has 0 bridgehead atoms. The number of nitrogens with one attached hydrogen (secondary N) is 1. The molecule has 0 radical (unpaired) electrons. The van der Waals surface area contributed by atoms with Crippen LogP contribution in [0, 0.1) is 5.92 Å². The van der Waals surface area contributed by atoms with Crippen LogP contribution in [0.2, 0.25) is 0 Å². The number of carboxylic acids is 1. The fourth-order valence-electron chi connectivity index (χ4n) is 1.85. The third-order valence-corrected chi connectivity index (χ3v) is 4.14. The second-order valence-electron chi connectivity index (χ2n) is 4.12. The minimum Gasteiger partial charge on any atom is -0.480 e. The summed E-state index contributed by atoms with van der Waals surface area (Å²) in [5.41, 5.74) is -0.843. The average Bonchev–Trinajstić information content (AvgIpc) is 3.16. The van der Waals surface area contributed by atoms with Crippen LogP contribution in [0.1, 0.15) is 12.8 Å². The Hall–Kier alpha value is -1.14. The van der Waals surface area contributed by atoms with Crippen LogP contribution in [0.4, 0.5) is 0 Å². The summed E-state index contributed by atoms with van der Waals surface area (Å²) in [4.78, 5) is 19.6. The summed E-state index contributed by atoms with van der Waals surface area (Å²) < 4.78 is 0. The molecule has 5 nitrogen and oxygen atoms in total. The zero-order valence-electron chi connectivity index (χ0n) is 9.59. The van der Waals surface area contributed by atoms with Gasteiger partial charge in [0.1, 0.15) is 5.54 Å². The van der Waals surface area contributed by atoms with Gasteiger partial charge in [0.15, 0.2) is 5.16 Å². The van der Waals surface area contributed by atoms with Gasteiger partial charge in [-0.1, -0.05) is 11.8 Å². The molecule has 92 valence electrons. The van der Waals surface area contributed by atoms with E-state index in [4.69, 9.17) is 0 Å². The largest absolute Gasteiger partial charge is 0.480 e. The number of carboxylic acid groups (broad SMARTS) is 1. The minimum absolute atomic E-state index is 0.223. The first-order valence-electron chi connectivity index (χ1n) is 5.51. The lowest BCUT2D eigenvalue weighted by Gasteiger charge is -2.28. The molecule has 1 saturated carbocycles. The first-order valence-corrected chi connectivity index (χ1v) is 6.50. The van der Waals surface area contributed by atoms with Crippen molar-refractivity contribution < 1.29 is 9.90 Å². The van der Waals surface area contributed by atoms with Crippen LogP contribution >= 0.6 is 11.8 Å². The maximum atomic E-state index is 11.4. The minimum atomic E-state index is -0.843. The summed E-state index contributed by atoms with van der Waals surface area (Å²) in [5.74, 6) is -0.111. The fraction of sp³-hybridized carbons (Fsp3) is 0.545. The standard InChI is InChI=1S/C11H15N3O2S/c1-12-11(9(15)16,8-3-4-8)7-17-10-13-5-2-6-14-10/h2,5-6,8,12H,3-4,7H2,1H3,(H,15,16). The second kappa shape index (κ2) is 5.01. The fourth-order valence-corrected chi connectivity index (χ4v) is 2.98. The molecule has 2 N–H and O–H groups in total. The monoisotopic (exact) mass is 253 g/mol. The third kappa shape index (κ3) is 2.58. The van der Waals surface area contributed by atoms with Crippen LogP contribution in [0.5, 0.6) is 0 Å². The summed E-state index contributed by atoms with van der Waals surface area (Å²) in [6.07, 6.45) is 5.27. The van der Waals surface area contributed by atoms with Crippen LogP contribution in [0.15, 0.2) is 23.6 Å². The highest BCUT2D eigenvalue weighted by molar-refractivity contribution is 7.99. The summed E-state index contributed by atoms with van der Waals surface area (Å²) in [7, 11) is 1.71. The van der Waals surface area contributed by atoms with Gasteiger partial charge in [0, 0.05) is 18.1 Å². The quantitative estimate of drug-likeness (QED) is 0.582. The number of hydrogen-bond acceptors (Lipinski definition) is 5. The Morgan fingerprint density at radius 2 is 2.24 bits per heavy atom. The zero-order chi connectivity index (χ0) is 12.3. The normalized spacial score (nSPS) is 18.6. The molecule has 1 atom stereocenters. The molecule has 1 fully saturated rings. The molecule has 17 heavy (non-hydrogen) atoms. The van der Waals surface area contributed by atoms with Crippen molar-refractivity contribution in [3.8, 4) is 0 Å². The average molecular weight is 253 g/mol. The Morgan fingerprint density at radius 1 is 1.59 bits per heavy atom. The van der Waals surface area contributed by atoms with Crippen molar-refractivity contribution in [3.05, 3.63) is 18.5 Å². The summed E-state index contributed by atoms with van der Waals surface area (Å²) in [6, 6.07) is 1.74. The topological polar surface area (TPSA) is 75.1 Å². The van der Waals surface area contributed by atoms with Gasteiger partial charge in [0.05, 0.1) is 0 Å².